The molecule has 1 aromatic carbocycles. The van der Waals surface area contributed by atoms with Gasteiger partial charge in [-0.3, -0.25) is 14.5 Å². The van der Waals surface area contributed by atoms with Crippen molar-refractivity contribution in [1.82, 2.24) is 14.7 Å². The molecule has 8 heteroatoms. The number of amides is 2. The summed E-state index contributed by atoms with van der Waals surface area (Å²) in [5, 5.41) is -0.00813. The molecule has 1 aromatic rings. The van der Waals surface area contributed by atoms with Gasteiger partial charge in [-0.05, 0) is 23.6 Å². The van der Waals surface area contributed by atoms with E-state index < -0.39 is 0 Å². The number of rotatable bonds is 8. The predicted molar refractivity (Wildman–Crippen MR) is 119 cm³/mol. The van der Waals surface area contributed by atoms with Gasteiger partial charge in [0, 0.05) is 45.7 Å². The van der Waals surface area contributed by atoms with Gasteiger partial charge in [-0.2, -0.15) is 0 Å². The molecule has 2 amide bonds. The molecule has 2 saturated heterocycles. The Morgan fingerprint density at radius 2 is 1.80 bits per heavy atom. The Kier molecular flexibility index (Phi) is 7.88. The first-order chi connectivity index (χ1) is 14.4. The largest absolute Gasteiger partial charge is 0.493 e. The zero-order valence-corrected chi connectivity index (χ0v) is 19.2. The number of hydrogen-bond acceptors (Lipinski definition) is 6. The van der Waals surface area contributed by atoms with Gasteiger partial charge < -0.3 is 19.3 Å². The van der Waals surface area contributed by atoms with Crippen LogP contribution in [0.2, 0.25) is 0 Å². The van der Waals surface area contributed by atoms with Gasteiger partial charge in [-0.15, -0.1) is 11.8 Å². The van der Waals surface area contributed by atoms with E-state index in [1.807, 2.05) is 28.0 Å². The third-order valence-electron chi connectivity index (χ3n) is 5.63. The zero-order chi connectivity index (χ0) is 21.7. The smallest absolute Gasteiger partial charge is 0.233 e. The van der Waals surface area contributed by atoms with Crippen molar-refractivity contribution in [3.8, 4) is 11.5 Å². The van der Waals surface area contributed by atoms with Crippen molar-refractivity contribution >= 4 is 23.6 Å². The molecule has 2 aliphatic rings. The molecule has 1 unspecified atom stereocenters. The normalized spacial score (nSPS) is 20.2. The quantitative estimate of drug-likeness (QED) is 0.625. The summed E-state index contributed by atoms with van der Waals surface area (Å²) >= 11 is 1.65. The fourth-order valence-corrected chi connectivity index (χ4v) is 5.14. The standard InChI is InChI=1S/C22H33N3O4S/c1-16(2)13-20(26)24-10-7-23(8-11-24)9-12-25-21(27)15-30-22(25)17-5-6-18(28-3)19(14-17)29-4/h5-6,14,16,22H,7-13,15H2,1-4H3. The fraction of sp³-hybridized carbons (Fsp3) is 0.636. The third-order valence-corrected chi connectivity index (χ3v) is 6.88. The molecule has 0 bridgehead atoms. The molecule has 0 saturated carbocycles. The van der Waals surface area contributed by atoms with Gasteiger partial charge in [0.1, 0.15) is 5.37 Å². The minimum atomic E-state index is -0.00813. The minimum Gasteiger partial charge on any atom is -0.493 e. The lowest BCUT2D eigenvalue weighted by Crippen LogP contribution is -2.50. The first-order valence-corrected chi connectivity index (χ1v) is 11.6. The van der Waals surface area contributed by atoms with E-state index >= 15 is 0 Å². The van der Waals surface area contributed by atoms with Crippen molar-refractivity contribution in [2.24, 2.45) is 5.92 Å². The topological polar surface area (TPSA) is 62.3 Å². The highest BCUT2D eigenvalue weighted by Crippen LogP contribution is 2.41. The van der Waals surface area contributed by atoms with Crippen LogP contribution in [-0.2, 0) is 9.59 Å². The van der Waals surface area contributed by atoms with Crippen LogP contribution in [0.3, 0.4) is 0 Å². The number of nitrogens with zero attached hydrogens (tertiary/aromatic N) is 3. The van der Waals surface area contributed by atoms with E-state index in [0.717, 1.165) is 38.3 Å². The molecule has 2 heterocycles. The molecule has 7 nitrogen and oxygen atoms in total. The Balaban J connectivity index is 1.56. The fourth-order valence-electron chi connectivity index (χ4n) is 3.93. The Labute approximate surface area is 183 Å². The first-order valence-electron chi connectivity index (χ1n) is 10.6. The number of ether oxygens (including phenoxy) is 2. The maximum Gasteiger partial charge on any atom is 0.233 e. The molecule has 0 aliphatic carbocycles. The van der Waals surface area contributed by atoms with E-state index in [4.69, 9.17) is 9.47 Å². The van der Waals surface area contributed by atoms with E-state index in [2.05, 4.69) is 18.7 Å². The van der Waals surface area contributed by atoms with Crippen LogP contribution in [0.1, 0.15) is 31.2 Å². The Hall–Kier alpha value is -1.93. The number of hydrogen-bond donors (Lipinski definition) is 0. The average Bonchev–Trinajstić information content (AvgIpc) is 3.11. The number of carbonyl (C=O) groups is 2. The highest BCUT2D eigenvalue weighted by molar-refractivity contribution is 8.00. The molecule has 0 aromatic heterocycles. The van der Waals surface area contributed by atoms with Crippen molar-refractivity contribution < 1.29 is 19.1 Å². The molecule has 2 fully saturated rings. The maximum atomic E-state index is 12.5. The number of thioether (sulfide) groups is 1. The van der Waals surface area contributed by atoms with E-state index in [0.29, 0.717) is 36.1 Å². The molecule has 30 heavy (non-hydrogen) atoms. The highest BCUT2D eigenvalue weighted by Gasteiger charge is 2.33. The number of methoxy groups -OCH3 is 2. The summed E-state index contributed by atoms with van der Waals surface area (Å²) in [5.41, 5.74) is 1.05. The summed E-state index contributed by atoms with van der Waals surface area (Å²) in [7, 11) is 3.24. The van der Waals surface area contributed by atoms with Gasteiger partial charge >= 0.3 is 0 Å². The van der Waals surface area contributed by atoms with Crippen LogP contribution in [-0.4, -0.2) is 85.8 Å². The van der Waals surface area contributed by atoms with E-state index in [9.17, 15) is 9.59 Å². The summed E-state index contributed by atoms with van der Waals surface area (Å²) < 4.78 is 10.8. The third kappa shape index (κ3) is 5.40. The lowest BCUT2D eigenvalue weighted by molar-refractivity contribution is -0.133. The molecule has 3 rings (SSSR count). The Morgan fingerprint density at radius 1 is 1.10 bits per heavy atom. The molecular formula is C22H33N3O4S. The van der Waals surface area contributed by atoms with Crippen LogP contribution in [0.5, 0.6) is 11.5 Å². The average molecular weight is 436 g/mol. The van der Waals surface area contributed by atoms with Crippen molar-refractivity contribution in [3.05, 3.63) is 23.8 Å². The van der Waals surface area contributed by atoms with E-state index in [1.165, 1.54) is 0 Å². The highest BCUT2D eigenvalue weighted by atomic mass is 32.2. The summed E-state index contributed by atoms with van der Waals surface area (Å²) in [6, 6.07) is 5.86. The van der Waals surface area contributed by atoms with Crippen LogP contribution in [0.25, 0.3) is 0 Å². The number of piperazine rings is 1. The van der Waals surface area contributed by atoms with E-state index in [-0.39, 0.29) is 17.2 Å². The number of carbonyl (C=O) groups excluding carboxylic acids is 2. The first kappa shape index (κ1) is 22.7. The van der Waals surface area contributed by atoms with Crippen molar-refractivity contribution in [1.29, 1.82) is 0 Å². The van der Waals surface area contributed by atoms with Gasteiger partial charge in [0.25, 0.3) is 0 Å². The van der Waals surface area contributed by atoms with Gasteiger partial charge in [0.15, 0.2) is 11.5 Å². The lowest BCUT2D eigenvalue weighted by atomic mass is 10.1. The molecule has 0 N–H and O–H groups in total. The van der Waals surface area contributed by atoms with Crippen molar-refractivity contribution in [3.63, 3.8) is 0 Å². The van der Waals surface area contributed by atoms with Gasteiger partial charge in [0.2, 0.25) is 11.8 Å². The second kappa shape index (κ2) is 10.4. The molecular weight excluding hydrogens is 402 g/mol. The van der Waals surface area contributed by atoms with Crippen LogP contribution in [0, 0.1) is 5.92 Å². The van der Waals surface area contributed by atoms with Gasteiger partial charge in [-0.1, -0.05) is 19.9 Å². The van der Waals surface area contributed by atoms with Crippen LogP contribution < -0.4 is 9.47 Å². The van der Waals surface area contributed by atoms with Gasteiger partial charge in [0.05, 0.1) is 20.0 Å². The lowest BCUT2D eigenvalue weighted by Gasteiger charge is -2.36. The van der Waals surface area contributed by atoms with Gasteiger partial charge in [-0.25, -0.2) is 0 Å². The molecule has 2 aliphatic heterocycles. The van der Waals surface area contributed by atoms with Crippen LogP contribution >= 0.6 is 11.8 Å². The second-order valence-corrected chi connectivity index (χ2v) is 9.25. The molecule has 0 spiro atoms. The SMILES string of the molecule is COc1ccc(C2SCC(=O)N2CCN2CCN(C(=O)CC(C)C)CC2)cc1OC. The molecule has 1 atom stereocenters. The predicted octanol–water partition coefficient (Wildman–Crippen LogP) is 2.47. The summed E-state index contributed by atoms with van der Waals surface area (Å²) in [4.78, 5) is 31.1. The minimum absolute atomic E-state index is 0.00813. The molecule has 166 valence electrons. The van der Waals surface area contributed by atoms with E-state index in [1.54, 1.807) is 26.0 Å². The monoisotopic (exact) mass is 435 g/mol. The summed E-state index contributed by atoms with van der Waals surface area (Å²) in [6.07, 6.45) is 0.618. The number of benzene rings is 1. The van der Waals surface area contributed by atoms with Crippen LogP contribution in [0.15, 0.2) is 18.2 Å². The van der Waals surface area contributed by atoms with Crippen LogP contribution in [0.4, 0.5) is 0 Å². The Morgan fingerprint density at radius 3 is 2.43 bits per heavy atom. The maximum absolute atomic E-state index is 12.5. The summed E-state index contributed by atoms with van der Waals surface area (Å²) in [6.45, 7) is 8.93. The van der Waals surface area contributed by atoms with Crippen molar-refractivity contribution in [2.75, 3.05) is 59.2 Å². The summed E-state index contributed by atoms with van der Waals surface area (Å²) in [5.74, 6) is 2.68. The Bertz CT molecular complexity index is 750. The molecule has 0 radical (unpaired) electrons. The second-order valence-electron chi connectivity index (χ2n) is 8.19. The van der Waals surface area contributed by atoms with Crippen molar-refractivity contribution in [2.45, 2.75) is 25.6 Å². The zero-order valence-electron chi connectivity index (χ0n) is 18.4.